The van der Waals surface area contributed by atoms with Crippen LogP contribution in [0.1, 0.15) is 44.4 Å². The van der Waals surface area contributed by atoms with E-state index in [1.165, 1.54) is 3.97 Å². The largest absolute Gasteiger partial charge is 0.501 e. The summed E-state index contributed by atoms with van der Waals surface area (Å²) in [6, 6.07) is 18.7. The first-order valence-electron chi connectivity index (χ1n) is 10.2. The summed E-state index contributed by atoms with van der Waals surface area (Å²) in [5.41, 5.74) is 4.47. The topological polar surface area (TPSA) is 48.3 Å². The molecule has 0 spiro atoms. The lowest BCUT2D eigenvalue weighted by molar-refractivity contribution is 0.294. The van der Waals surface area contributed by atoms with Crippen LogP contribution in [0, 0.1) is 6.92 Å². The van der Waals surface area contributed by atoms with Gasteiger partial charge in [-0.05, 0) is 50.5 Å². The molecule has 0 atom stereocenters. The number of methoxy groups -OCH3 is 1. The summed E-state index contributed by atoms with van der Waals surface area (Å²) in [4.78, 5) is 0.273. The third-order valence-corrected chi connectivity index (χ3v) is 7.00. The van der Waals surface area contributed by atoms with Gasteiger partial charge in [-0.25, -0.2) is 12.4 Å². The summed E-state index contributed by atoms with van der Waals surface area (Å²) >= 11 is 0. The van der Waals surface area contributed by atoms with Crippen LogP contribution in [-0.4, -0.2) is 19.5 Å². The molecule has 0 amide bonds. The number of nitrogens with zero attached hydrogens (tertiary/aromatic N) is 1. The first-order chi connectivity index (χ1) is 14.4. The van der Waals surface area contributed by atoms with Crippen LogP contribution in [0.4, 0.5) is 0 Å². The molecule has 4 nitrogen and oxygen atoms in total. The second-order valence-electron chi connectivity index (χ2n) is 7.40. The van der Waals surface area contributed by atoms with E-state index in [1.807, 2.05) is 62.4 Å². The minimum absolute atomic E-state index is 0.273. The van der Waals surface area contributed by atoms with Gasteiger partial charge in [0.2, 0.25) is 0 Å². The quantitative estimate of drug-likeness (QED) is 0.401. The maximum Gasteiger partial charge on any atom is 0.268 e. The molecule has 0 unspecified atom stereocenters. The lowest BCUT2D eigenvalue weighted by atomic mass is 9.97. The van der Waals surface area contributed by atoms with Crippen LogP contribution < -0.4 is 0 Å². The minimum Gasteiger partial charge on any atom is -0.501 e. The lowest BCUT2D eigenvalue weighted by Crippen LogP contribution is -2.15. The molecule has 3 aromatic rings. The molecule has 3 rings (SSSR count). The Bertz CT molecular complexity index is 1120. The van der Waals surface area contributed by atoms with Crippen LogP contribution in [0.2, 0.25) is 0 Å². The van der Waals surface area contributed by atoms with Crippen molar-refractivity contribution in [2.75, 3.05) is 7.11 Å². The van der Waals surface area contributed by atoms with E-state index in [0.717, 1.165) is 47.3 Å². The van der Waals surface area contributed by atoms with E-state index in [2.05, 4.69) is 6.92 Å². The molecule has 2 aromatic carbocycles. The van der Waals surface area contributed by atoms with Crippen LogP contribution in [0.5, 0.6) is 0 Å². The summed E-state index contributed by atoms with van der Waals surface area (Å²) in [5, 5.41) is 0. The highest BCUT2D eigenvalue weighted by molar-refractivity contribution is 7.90. The molecular weight excluding hydrogens is 394 g/mol. The molecule has 1 aromatic heterocycles. The highest BCUT2D eigenvalue weighted by atomic mass is 32.2. The van der Waals surface area contributed by atoms with Crippen molar-refractivity contribution in [2.24, 2.45) is 0 Å². The number of ether oxygens (including phenoxy) is 1. The van der Waals surface area contributed by atoms with E-state index < -0.39 is 10.0 Å². The number of benzene rings is 2. The van der Waals surface area contributed by atoms with E-state index in [-0.39, 0.29) is 4.90 Å². The van der Waals surface area contributed by atoms with Crippen LogP contribution in [-0.2, 0) is 14.8 Å². The highest BCUT2D eigenvalue weighted by Gasteiger charge is 2.26. The normalized spacial score (nSPS) is 12.5. The van der Waals surface area contributed by atoms with Crippen molar-refractivity contribution in [1.82, 2.24) is 3.97 Å². The van der Waals surface area contributed by atoms with Crippen LogP contribution >= 0.6 is 0 Å². The van der Waals surface area contributed by atoms with E-state index in [4.69, 9.17) is 4.74 Å². The highest BCUT2D eigenvalue weighted by Crippen LogP contribution is 2.36. The number of unbranched alkanes of at least 4 members (excludes halogenated alkanes) is 1. The zero-order valence-electron chi connectivity index (χ0n) is 18.1. The van der Waals surface area contributed by atoms with Gasteiger partial charge in [0, 0.05) is 17.3 Å². The van der Waals surface area contributed by atoms with E-state index in [0.29, 0.717) is 5.69 Å². The third kappa shape index (κ3) is 4.36. The van der Waals surface area contributed by atoms with Gasteiger partial charge in [-0.15, -0.1) is 0 Å². The lowest BCUT2D eigenvalue weighted by Gasteiger charge is -2.18. The van der Waals surface area contributed by atoms with Crippen molar-refractivity contribution in [3.8, 4) is 11.1 Å². The van der Waals surface area contributed by atoms with Crippen LogP contribution in [0.15, 0.2) is 77.5 Å². The maximum atomic E-state index is 13.6. The molecule has 158 valence electrons. The second-order valence-corrected chi connectivity index (χ2v) is 9.22. The van der Waals surface area contributed by atoms with Crippen molar-refractivity contribution < 1.29 is 13.2 Å². The number of aryl methyl sites for hydroxylation is 1. The second kappa shape index (κ2) is 9.35. The Labute approximate surface area is 179 Å². The molecule has 0 bridgehead atoms. The van der Waals surface area contributed by atoms with Gasteiger partial charge in [0.25, 0.3) is 10.0 Å². The SMILES string of the molecule is CCCC/C(=C(/C)OC)c1c(-c2ccccc2)ccn1S(=O)(=O)c1ccc(C)cc1. The molecule has 0 fully saturated rings. The minimum atomic E-state index is -3.76. The number of rotatable bonds is 8. The Kier molecular flexibility index (Phi) is 6.83. The van der Waals surface area contributed by atoms with Crippen molar-refractivity contribution in [2.45, 2.75) is 44.9 Å². The van der Waals surface area contributed by atoms with Crippen molar-refractivity contribution in [3.05, 3.63) is 83.9 Å². The van der Waals surface area contributed by atoms with Gasteiger partial charge in [0.05, 0.1) is 23.5 Å². The summed E-state index contributed by atoms with van der Waals surface area (Å²) < 4.78 is 34.2. The van der Waals surface area contributed by atoms with Crippen LogP contribution in [0.3, 0.4) is 0 Å². The average Bonchev–Trinajstić information content (AvgIpc) is 3.20. The summed E-state index contributed by atoms with van der Waals surface area (Å²) in [7, 11) is -2.13. The molecule has 0 N–H and O–H groups in total. The van der Waals surface area contributed by atoms with Crippen LogP contribution in [0.25, 0.3) is 16.7 Å². The van der Waals surface area contributed by atoms with Crippen molar-refractivity contribution in [3.63, 3.8) is 0 Å². The van der Waals surface area contributed by atoms with Gasteiger partial charge < -0.3 is 4.74 Å². The standard InChI is InChI=1S/C25H29NO3S/c1-5-6-12-23(20(3)29-4)25-24(21-10-8-7-9-11-21)17-18-26(25)30(27,28)22-15-13-19(2)14-16-22/h7-11,13-18H,5-6,12H2,1-4H3/b23-20+. The number of hydrogen-bond donors (Lipinski definition) is 0. The van der Waals surface area contributed by atoms with Gasteiger partial charge in [-0.2, -0.15) is 0 Å². The Hall–Kier alpha value is -2.79. The van der Waals surface area contributed by atoms with Gasteiger partial charge in [-0.1, -0.05) is 61.4 Å². The van der Waals surface area contributed by atoms with Gasteiger partial charge in [-0.3, -0.25) is 0 Å². The van der Waals surface area contributed by atoms with Crippen molar-refractivity contribution in [1.29, 1.82) is 0 Å². The predicted octanol–water partition coefficient (Wildman–Crippen LogP) is 6.27. The Morgan fingerprint density at radius 3 is 2.27 bits per heavy atom. The fourth-order valence-corrected chi connectivity index (χ4v) is 4.90. The van der Waals surface area contributed by atoms with E-state index >= 15 is 0 Å². The molecule has 30 heavy (non-hydrogen) atoms. The number of aromatic nitrogens is 1. The van der Waals surface area contributed by atoms with Gasteiger partial charge in [0.1, 0.15) is 0 Å². The molecule has 0 aliphatic rings. The van der Waals surface area contributed by atoms with Gasteiger partial charge >= 0.3 is 0 Å². The molecule has 5 heteroatoms. The zero-order valence-corrected chi connectivity index (χ0v) is 18.9. The maximum absolute atomic E-state index is 13.6. The first-order valence-corrected chi connectivity index (χ1v) is 11.7. The Balaban J connectivity index is 2.29. The zero-order chi connectivity index (χ0) is 21.7. The fraction of sp³-hybridized carbons (Fsp3) is 0.280. The average molecular weight is 424 g/mol. The Morgan fingerprint density at radius 1 is 1.00 bits per heavy atom. The molecule has 0 radical (unpaired) electrons. The predicted molar refractivity (Wildman–Crippen MR) is 123 cm³/mol. The Morgan fingerprint density at radius 2 is 1.67 bits per heavy atom. The number of allylic oxidation sites excluding steroid dienone is 2. The smallest absolute Gasteiger partial charge is 0.268 e. The molecular formula is C25H29NO3S. The van der Waals surface area contributed by atoms with Gasteiger partial charge in [0.15, 0.2) is 0 Å². The van der Waals surface area contributed by atoms with E-state index in [9.17, 15) is 8.42 Å². The molecule has 0 saturated heterocycles. The summed E-state index contributed by atoms with van der Waals surface area (Å²) in [5.74, 6) is 0.736. The summed E-state index contributed by atoms with van der Waals surface area (Å²) in [6.45, 7) is 5.97. The molecule has 0 saturated carbocycles. The monoisotopic (exact) mass is 423 g/mol. The molecule has 1 heterocycles. The fourth-order valence-electron chi connectivity index (χ4n) is 3.52. The number of hydrogen-bond acceptors (Lipinski definition) is 3. The van der Waals surface area contributed by atoms with Crippen molar-refractivity contribution >= 4 is 15.6 Å². The first kappa shape index (κ1) is 21.9. The van der Waals surface area contributed by atoms with E-state index in [1.54, 1.807) is 25.4 Å². The molecule has 0 aliphatic carbocycles. The third-order valence-electron chi connectivity index (χ3n) is 5.31. The summed E-state index contributed by atoms with van der Waals surface area (Å²) in [6.07, 6.45) is 4.35. The molecule has 0 aliphatic heterocycles.